The number of nitrogens with one attached hydrogen (secondary N) is 3. The highest BCUT2D eigenvalue weighted by molar-refractivity contribution is 6.06. The van der Waals surface area contributed by atoms with Crippen molar-refractivity contribution in [3.05, 3.63) is 90.0 Å². The molecule has 3 aromatic carbocycles. The molecule has 0 aliphatic heterocycles. The van der Waals surface area contributed by atoms with Crippen molar-refractivity contribution in [3.8, 4) is 0 Å². The first kappa shape index (κ1) is 25.9. The predicted molar refractivity (Wildman–Crippen MR) is 148 cm³/mol. The van der Waals surface area contributed by atoms with Crippen LogP contribution in [0.2, 0.25) is 0 Å². The van der Waals surface area contributed by atoms with E-state index in [2.05, 4.69) is 16.0 Å². The molecule has 1 saturated carbocycles. The molecule has 0 saturated heterocycles. The molecule has 0 radical (unpaired) electrons. The Hall–Kier alpha value is -4.13. The summed E-state index contributed by atoms with van der Waals surface area (Å²) in [6.07, 6.45) is 5.62. The fourth-order valence-corrected chi connectivity index (χ4v) is 4.58. The normalized spacial score (nSPS) is 13.4. The third-order valence-corrected chi connectivity index (χ3v) is 6.56. The standard InChI is InChI=1S/C30H34N4O3/c1-2-34(27-14-7-4-8-15-27)30(37)22-16-18-25(19-17-22)32-28(35)21-31-26-13-9-10-23(20-26)29(36)33-24-11-5-3-6-12-24/h4,7-10,13-20,24,31H,2-3,5-6,11-12,21H2,1H3,(H,32,35)(H,33,36). The molecule has 37 heavy (non-hydrogen) atoms. The van der Waals surface area contributed by atoms with Crippen LogP contribution in [0.1, 0.15) is 59.7 Å². The maximum absolute atomic E-state index is 13.0. The van der Waals surface area contributed by atoms with Crippen LogP contribution in [0, 0.1) is 0 Å². The van der Waals surface area contributed by atoms with Gasteiger partial charge in [-0.15, -0.1) is 0 Å². The molecular formula is C30H34N4O3. The number of amides is 3. The van der Waals surface area contributed by atoms with Crippen LogP contribution >= 0.6 is 0 Å². The molecule has 4 rings (SSSR count). The second-order valence-electron chi connectivity index (χ2n) is 9.25. The molecule has 0 spiro atoms. The van der Waals surface area contributed by atoms with E-state index in [1.54, 1.807) is 47.4 Å². The monoisotopic (exact) mass is 498 g/mol. The number of hydrogen-bond donors (Lipinski definition) is 3. The van der Waals surface area contributed by atoms with Crippen LogP contribution in [0.25, 0.3) is 0 Å². The fraction of sp³-hybridized carbons (Fsp3) is 0.300. The molecular weight excluding hydrogens is 464 g/mol. The van der Waals surface area contributed by atoms with E-state index in [4.69, 9.17) is 0 Å². The number of rotatable bonds is 9. The minimum atomic E-state index is -0.226. The first-order valence-electron chi connectivity index (χ1n) is 12.9. The van der Waals surface area contributed by atoms with Crippen LogP contribution < -0.4 is 20.9 Å². The average Bonchev–Trinajstić information content (AvgIpc) is 2.94. The van der Waals surface area contributed by atoms with Crippen LogP contribution in [0.15, 0.2) is 78.9 Å². The van der Waals surface area contributed by atoms with Gasteiger partial charge in [0.1, 0.15) is 0 Å². The molecule has 1 aliphatic carbocycles. The summed E-state index contributed by atoms with van der Waals surface area (Å²) < 4.78 is 0. The van der Waals surface area contributed by atoms with Gasteiger partial charge in [-0.2, -0.15) is 0 Å². The molecule has 3 N–H and O–H groups in total. The van der Waals surface area contributed by atoms with Gasteiger partial charge in [0.05, 0.1) is 6.54 Å². The Morgan fingerprint density at radius 2 is 1.54 bits per heavy atom. The van der Waals surface area contributed by atoms with Gasteiger partial charge in [0, 0.05) is 40.8 Å². The highest BCUT2D eigenvalue weighted by Gasteiger charge is 2.17. The minimum absolute atomic E-state index is 0.0476. The Bertz CT molecular complexity index is 1210. The van der Waals surface area contributed by atoms with Gasteiger partial charge in [0.2, 0.25) is 5.91 Å². The lowest BCUT2D eigenvalue weighted by Crippen LogP contribution is -2.36. The third-order valence-electron chi connectivity index (χ3n) is 6.56. The molecule has 0 atom stereocenters. The van der Waals surface area contributed by atoms with E-state index in [0.717, 1.165) is 31.4 Å². The number of carbonyl (C=O) groups excluding carboxylic acids is 3. The SMILES string of the molecule is CCN(C(=O)c1ccc(NC(=O)CNc2cccc(C(=O)NC3CCCCC3)c2)cc1)c1ccccc1. The van der Waals surface area contributed by atoms with Crippen molar-refractivity contribution < 1.29 is 14.4 Å². The molecule has 1 fully saturated rings. The number of para-hydroxylation sites is 1. The lowest BCUT2D eigenvalue weighted by molar-refractivity contribution is -0.114. The summed E-state index contributed by atoms with van der Waals surface area (Å²) in [7, 11) is 0. The van der Waals surface area contributed by atoms with Gasteiger partial charge in [-0.1, -0.05) is 43.5 Å². The van der Waals surface area contributed by atoms with Crippen molar-refractivity contribution in [1.82, 2.24) is 5.32 Å². The zero-order valence-corrected chi connectivity index (χ0v) is 21.2. The molecule has 0 unspecified atom stereocenters. The van der Waals surface area contributed by atoms with Crippen LogP contribution in [0.4, 0.5) is 17.1 Å². The van der Waals surface area contributed by atoms with Crippen LogP contribution in [-0.2, 0) is 4.79 Å². The summed E-state index contributed by atoms with van der Waals surface area (Å²) in [5.74, 6) is -0.403. The van der Waals surface area contributed by atoms with E-state index in [-0.39, 0.29) is 30.3 Å². The molecule has 0 bridgehead atoms. The van der Waals surface area contributed by atoms with Gasteiger partial charge in [0.25, 0.3) is 11.8 Å². The number of anilines is 3. The Labute approximate surface area is 218 Å². The molecule has 0 heterocycles. The van der Waals surface area contributed by atoms with E-state index >= 15 is 0 Å². The summed E-state index contributed by atoms with van der Waals surface area (Å²) in [5.41, 5.74) is 3.27. The number of carbonyl (C=O) groups is 3. The van der Waals surface area contributed by atoms with E-state index in [1.807, 2.05) is 43.3 Å². The van der Waals surface area contributed by atoms with Gasteiger partial charge in [-0.3, -0.25) is 14.4 Å². The Morgan fingerprint density at radius 3 is 2.24 bits per heavy atom. The smallest absolute Gasteiger partial charge is 0.258 e. The minimum Gasteiger partial charge on any atom is -0.376 e. The molecule has 1 aliphatic rings. The lowest BCUT2D eigenvalue weighted by atomic mass is 9.95. The topological polar surface area (TPSA) is 90.5 Å². The van der Waals surface area contributed by atoms with Crippen molar-refractivity contribution in [2.45, 2.75) is 45.1 Å². The van der Waals surface area contributed by atoms with Crippen molar-refractivity contribution >= 4 is 34.8 Å². The summed E-state index contributed by atoms with van der Waals surface area (Å²) in [4.78, 5) is 39.8. The second-order valence-corrected chi connectivity index (χ2v) is 9.25. The summed E-state index contributed by atoms with van der Waals surface area (Å²) >= 11 is 0. The van der Waals surface area contributed by atoms with E-state index in [0.29, 0.717) is 29.0 Å². The fourth-order valence-electron chi connectivity index (χ4n) is 4.58. The summed E-state index contributed by atoms with van der Waals surface area (Å²) in [6, 6.07) is 23.8. The van der Waals surface area contributed by atoms with Gasteiger partial charge in [-0.25, -0.2) is 0 Å². The van der Waals surface area contributed by atoms with Gasteiger partial charge < -0.3 is 20.9 Å². The zero-order chi connectivity index (χ0) is 26.0. The van der Waals surface area contributed by atoms with Crippen LogP contribution in [0.5, 0.6) is 0 Å². The van der Waals surface area contributed by atoms with Crippen molar-refractivity contribution in [2.24, 2.45) is 0 Å². The van der Waals surface area contributed by atoms with E-state index in [9.17, 15) is 14.4 Å². The molecule has 7 nitrogen and oxygen atoms in total. The van der Waals surface area contributed by atoms with Crippen LogP contribution in [0.3, 0.4) is 0 Å². The molecule has 3 aromatic rings. The van der Waals surface area contributed by atoms with E-state index in [1.165, 1.54) is 6.42 Å². The first-order valence-corrected chi connectivity index (χ1v) is 12.9. The highest BCUT2D eigenvalue weighted by atomic mass is 16.2. The van der Waals surface area contributed by atoms with Gasteiger partial charge >= 0.3 is 0 Å². The Morgan fingerprint density at radius 1 is 0.811 bits per heavy atom. The second kappa shape index (κ2) is 12.7. The highest BCUT2D eigenvalue weighted by Crippen LogP contribution is 2.20. The largest absolute Gasteiger partial charge is 0.376 e. The Kier molecular flexibility index (Phi) is 8.92. The van der Waals surface area contributed by atoms with Gasteiger partial charge in [0.15, 0.2) is 0 Å². The number of hydrogen-bond acceptors (Lipinski definition) is 4. The summed E-state index contributed by atoms with van der Waals surface area (Å²) in [5, 5.41) is 9.04. The summed E-state index contributed by atoms with van der Waals surface area (Å²) in [6.45, 7) is 2.54. The van der Waals surface area contributed by atoms with Crippen molar-refractivity contribution in [1.29, 1.82) is 0 Å². The molecule has 0 aromatic heterocycles. The number of nitrogens with zero attached hydrogens (tertiary/aromatic N) is 1. The molecule has 7 heteroatoms. The van der Waals surface area contributed by atoms with E-state index < -0.39 is 0 Å². The van der Waals surface area contributed by atoms with Crippen LogP contribution in [-0.4, -0.2) is 36.9 Å². The third kappa shape index (κ3) is 7.19. The maximum atomic E-state index is 13.0. The zero-order valence-electron chi connectivity index (χ0n) is 21.2. The molecule has 192 valence electrons. The van der Waals surface area contributed by atoms with Crippen molar-refractivity contribution in [3.63, 3.8) is 0 Å². The quantitative estimate of drug-likeness (QED) is 0.365. The Balaban J connectivity index is 1.29. The predicted octanol–water partition coefficient (Wildman–Crippen LogP) is 5.47. The average molecular weight is 499 g/mol. The van der Waals surface area contributed by atoms with Gasteiger partial charge in [-0.05, 0) is 74.4 Å². The maximum Gasteiger partial charge on any atom is 0.258 e. The molecule has 3 amide bonds. The van der Waals surface area contributed by atoms with Crippen molar-refractivity contribution in [2.75, 3.05) is 28.6 Å². The lowest BCUT2D eigenvalue weighted by Gasteiger charge is -2.22. The number of benzene rings is 3. The first-order chi connectivity index (χ1) is 18.0.